The Balaban J connectivity index is 1.74. The minimum atomic E-state index is 0.110. The molecule has 1 N–H and O–H groups in total. The molecule has 2 aromatic carbocycles. The van der Waals surface area contributed by atoms with Crippen molar-refractivity contribution in [3.8, 4) is 22.9 Å². The van der Waals surface area contributed by atoms with E-state index in [9.17, 15) is 0 Å². The van der Waals surface area contributed by atoms with E-state index in [2.05, 4.69) is 20.4 Å². The second kappa shape index (κ2) is 7.51. The zero-order chi connectivity index (χ0) is 18.6. The van der Waals surface area contributed by atoms with E-state index in [0.717, 1.165) is 11.4 Å². The molecule has 7 nitrogen and oxygen atoms in total. The van der Waals surface area contributed by atoms with Gasteiger partial charge in [-0.3, -0.25) is 0 Å². The van der Waals surface area contributed by atoms with E-state index in [4.69, 9.17) is 5.11 Å². The summed E-state index contributed by atoms with van der Waals surface area (Å²) < 4.78 is 3.50. The van der Waals surface area contributed by atoms with Gasteiger partial charge in [-0.05, 0) is 37.6 Å². The number of hydrogen-bond donors (Lipinski definition) is 1. The molecule has 0 fully saturated rings. The molecule has 0 aliphatic heterocycles. The van der Waals surface area contributed by atoms with E-state index in [-0.39, 0.29) is 6.61 Å². The van der Waals surface area contributed by atoms with Gasteiger partial charge in [0.2, 0.25) is 0 Å². The van der Waals surface area contributed by atoms with E-state index >= 15 is 0 Å². The maximum Gasteiger partial charge on any atom is 0.185 e. The monoisotopic (exact) mass is 360 g/mol. The molecule has 0 unspecified atom stereocenters. The van der Waals surface area contributed by atoms with Crippen molar-refractivity contribution in [2.75, 3.05) is 6.61 Å². The summed E-state index contributed by atoms with van der Waals surface area (Å²) in [7, 11) is 0. The lowest BCUT2D eigenvalue weighted by atomic mass is 10.2. The number of aliphatic hydroxyl groups excluding tert-OH is 1. The number of aryl methyl sites for hydroxylation is 2. The number of benzene rings is 2. The Morgan fingerprint density at radius 1 is 0.963 bits per heavy atom. The summed E-state index contributed by atoms with van der Waals surface area (Å²) in [6, 6.07) is 17.9. The molecule has 0 aliphatic carbocycles. The first-order valence-electron chi connectivity index (χ1n) is 8.86. The fraction of sp³-hybridized carbons (Fsp3) is 0.200. The Kier molecular flexibility index (Phi) is 4.76. The van der Waals surface area contributed by atoms with E-state index in [1.165, 1.54) is 5.56 Å². The van der Waals surface area contributed by atoms with Crippen molar-refractivity contribution in [3.05, 3.63) is 72.2 Å². The van der Waals surface area contributed by atoms with Crippen LogP contribution in [0.1, 0.15) is 17.8 Å². The van der Waals surface area contributed by atoms with Gasteiger partial charge in [-0.1, -0.05) is 41.1 Å². The molecule has 0 radical (unpaired) electrons. The highest BCUT2D eigenvalue weighted by Crippen LogP contribution is 2.20. The van der Waals surface area contributed by atoms with E-state index in [0.29, 0.717) is 30.2 Å². The van der Waals surface area contributed by atoms with Gasteiger partial charge in [0.1, 0.15) is 0 Å². The third-order valence-corrected chi connectivity index (χ3v) is 4.23. The van der Waals surface area contributed by atoms with Crippen LogP contribution in [-0.2, 0) is 6.42 Å². The van der Waals surface area contributed by atoms with Gasteiger partial charge >= 0.3 is 0 Å². The van der Waals surface area contributed by atoms with Crippen LogP contribution in [0.25, 0.3) is 22.9 Å². The summed E-state index contributed by atoms with van der Waals surface area (Å²) in [5.74, 6) is 1.31. The van der Waals surface area contributed by atoms with E-state index in [1.807, 2.05) is 67.7 Å². The number of para-hydroxylation sites is 1. The van der Waals surface area contributed by atoms with Crippen molar-refractivity contribution in [2.24, 2.45) is 0 Å². The molecule has 0 saturated carbocycles. The average molecular weight is 360 g/mol. The summed E-state index contributed by atoms with van der Waals surface area (Å²) in [5.41, 5.74) is 3.67. The zero-order valence-electron chi connectivity index (χ0n) is 15.0. The lowest BCUT2D eigenvalue weighted by Gasteiger charge is -2.03. The molecule has 0 amide bonds. The first kappa shape index (κ1) is 17.1. The molecule has 0 atom stereocenters. The first-order valence-corrected chi connectivity index (χ1v) is 8.86. The number of rotatable bonds is 6. The quantitative estimate of drug-likeness (QED) is 0.572. The Bertz CT molecular complexity index is 1020. The van der Waals surface area contributed by atoms with Gasteiger partial charge in [0, 0.05) is 13.0 Å². The SMILES string of the molecule is Cc1ccc(-n2cc(-c3nc(CCCO)nn3-c3ccccc3)nn2)cc1. The molecule has 0 saturated heterocycles. The first-order chi connectivity index (χ1) is 13.2. The molecule has 0 spiro atoms. The van der Waals surface area contributed by atoms with E-state index in [1.54, 1.807) is 9.36 Å². The minimum absolute atomic E-state index is 0.110. The summed E-state index contributed by atoms with van der Waals surface area (Å²) in [5, 5.41) is 22.3. The molecule has 136 valence electrons. The minimum Gasteiger partial charge on any atom is -0.396 e. The average Bonchev–Trinajstić information content (AvgIpc) is 3.35. The molecular formula is C20H20N6O. The standard InChI is InChI=1S/C20H20N6O/c1-15-9-11-16(12-10-15)25-14-18(22-24-25)20-21-19(8-5-13-27)23-26(20)17-6-3-2-4-7-17/h2-4,6-7,9-12,14,27H,5,8,13H2,1H3. The predicted molar refractivity (Wildman–Crippen MR) is 102 cm³/mol. The zero-order valence-corrected chi connectivity index (χ0v) is 15.0. The lowest BCUT2D eigenvalue weighted by Crippen LogP contribution is -2.00. The molecule has 27 heavy (non-hydrogen) atoms. The normalized spacial score (nSPS) is 11.0. The molecule has 4 aromatic rings. The maximum absolute atomic E-state index is 9.10. The Morgan fingerprint density at radius 2 is 1.74 bits per heavy atom. The molecule has 0 aliphatic rings. The van der Waals surface area contributed by atoms with E-state index < -0.39 is 0 Å². The number of aliphatic hydroxyl groups is 1. The van der Waals surface area contributed by atoms with Crippen LogP contribution in [0.2, 0.25) is 0 Å². The molecular weight excluding hydrogens is 340 g/mol. The van der Waals surface area contributed by atoms with Crippen LogP contribution in [0.15, 0.2) is 60.8 Å². The van der Waals surface area contributed by atoms with Gasteiger partial charge in [-0.15, -0.1) is 5.10 Å². The largest absolute Gasteiger partial charge is 0.396 e. The lowest BCUT2D eigenvalue weighted by molar-refractivity contribution is 0.287. The van der Waals surface area contributed by atoms with Crippen molar-refractivity contribution in [1.29, 1.82) is 0 Å². The highest BCUT2D eigenvalue weighted by atomic mass is 16.2. The van der Waals surface area contributed by atoms with Crippen molar-refractivity contribution in [1.82, 2.24) is 29.8 Å². The predicted octanol–water partition coefficient (Wildman–Crippen LogP) is 2.75. The number of aromatic nitrogens is 6. The van der Waals surface area contributed by atoms with Gasteiger partial charge in [-0.25, -0.2) is 14.3 Å². The van der Waals surface area contributed by atoms with Crippen LogP contribution < -0.4 is 0 Å². The van der Waals surface area contributed by atoms with Gasteiger partial charge < -0.3 is 5.11 Å². The highest BCUT2D eigenvalue weighted by molar-refractivity contribution is 5.53. The molecule has 2 heterocycles. The maximum atomic E-state index is 9.10. The van der Waals surface area contributed by atoms with Crippen LogP contribution >= 0.6 is 0 Å². The smallest absolute Gasteiger partial charge is 0.185 e. The Labute approximate surface area is 156 Å². The second-order valence-corrected chi connectivity index (χ2v) is 6.31. The second-order valence-electron chi connectivity index (χ2n) is 6.31. The van der Waals surface area contributed by atoms with Crippen molar-refractivity contribution < 1.29 is 5.11 Å². The third-order valence-electron chi connectivity index (χ3n) is 4.23. The van der Waals surface area contributed by atoms with Crippen molar-refractivity contribution in [2.45, 2.75) is 19.8 Å². The van der Waals surface area contributed by atoms with Gasteiger partial charge in [0.15, 0.2) is 17.3 Å². The Hall–Kier alpha value is -3.32. The molecule has 4 rings (SSSR count). The highest BCUT2D eigenvalue weighted by Gasteiger charge is 2.17. The number of hydrogen-bond acceptors (Lipinski definition) is 5. The fourth-order valence-electron chi connectivity index (χ4n) is 2.80. The van der Waals surface area contributed by atoms with Crippen LogP contribution in [0.5, 0.6) is 0 Å². The summed E-state index contributed by atoms with van der Waals surface area (Å²) >= 11 is 0. The Morgan fingerprint density at radius 3 is 2.48 bits per heavy atom. The van der Waals surface area contributed by atoms with Crippen LogP contribution in [0, 0.1) is 6.92 Å². The van der Waals surface area contributed by atoms with Crippen LogP contribution in [-0.4, -0.2) is 41.5 Å². The topological polar surface area (TPSA) is 81.6 Å². The van der Waals surface area contributed by atoms with Crippen molar-refractivity contribution >= 4 is 0 Å². The van der Waals surface area contributed by atoms with Gasteiger partial charge in [0.25, 0.3) is 0 Å². The fourth-order valence-corrected chi connectivity index (χ4v) is 2.80. The van der Waals surface area contributed by atoms with Crippen LogP contribution in [0.4, 0.5) is 0 Å². The number of nitrogens with zero attached hydrogens (tertiary/aromatic N) is 6. The summed E-state index contributed by atoms with van der Waals surface area (Å²) in [6.45, 7) is 2.16. The molecule has 0 bridgehead atoms. The third kappa shape index (κ3) is 3.63. The van der Waals surface area contributed by atoms with Crippen LogP contribution in [0.3, 0.4) is 0 Å². The summed E-state index contributed by atoms with van der Waals surface area (Å²) in [4.78, 5) is 4.64. The van der Waals surface area contributed by atoms with Gasteiger partial charge in [-0.2, -0.15) is 5.10 Å². The van der Waals surface area contributed by atoms with Crippen molar-refractivity contribution in [3.63, 3.8) is 0 Å². The molecule has 7 heteroatoms. The molecule has 2 aromatic heterocycles. The van der Waals surface area contributed by atoms with Gasteiger partial charge in [0.05, 0.1) is 17.6 Å². The summed E-state index contributed by atoms with van der Waals surface area (Å²) in [6.07, 6.45) is 3.08.